The van der Waals surface area contributed by atoms with E-state index in [0.29, 0.717) is 6.54 Å². The van der Waals surface area contributed by atoms with E-state index >= 15 is 0 Å². The zero-order valence-electron chi connectivity index (χ0n) is 9.32. The van der Waals surface area contributed by atoms with Gasteiger partial charge in [-0.2, -0.15) is 0 Å². The van der Waals surface area contributed by atoms with Crippen LogP contribution in [0.3, 0.4) is 0 Å². The number of pyridine rings is 2. The van der Waals surface area contributed by atoms with Crippen LogP contribution in [0.1, 0.15) is 5.69 Å². The molecule has 3 aromatic rings. The fourth-order valence-corrected chi connectivity index (χ4v) is 1.87. The van der Waals surface area contributed by atoms with Crippen molar-refractivity contribution in [3.05, 3.63) is 60.7 Å². The van der Waals surface area contributed by atoms with E-state index in [1.165, 1.54) is 0 Å². The maximum atomic E-state index is 5.89. The van der Waals surface area contributed by atoms with E-state index in [0.717, 1.165) is 17.2 Å². The summed E-state index contributed by atoms with van der Waals surface area (Å²) in [6.07, 6.45) is 5.97. The Morgan fingerprint density at radius 1 is 1.18 bits per heavy atom. The number of aromatic nitrogens is 3. The van der Waals surface area contributed by atoms with E-state index in [2.05, 4.69) is 4.98 Å². The first-order valence-electron chi connectivity index (χ1n) is 5.49. The Kier molecular flexibility index (Phi) is 2.26. The van der Waals surface area contributed by atoms with Crippen molar-refractivity contribution in [3.63, 3.8) is 0 Å². The van der Waals surface area contributed by atoms with Crippen molar-refractivity contribution < 1.29 is 4.57 Å². The molecule has 4 heteroatoms. The van der Waals surface area contributed by atoms with Gasteiger partial charge in [-0.3, -0.25) is 5.73 Å². The summed E-state index contributed by atoms with van der Waals surface area (Å²) in [6, 6.07) is 11.7. The fraction of sp³-hybridized carbons (Fsp3) is 0.0769. The molecule has 0 radical (unpaired) electrons. The van der Waals surface area contributed by atoms with E-state index in [1.54, 1.807) is 0 Å². The van der Waals surface area contributed by atoms with Gasteiger partial charge in [-0.1, -0.05) is 12.1 Å². The Morgan fingerprint density at radius 3 is 2.88 bits per heavy atom. The molecular weight excluding hydrogens is 212 g/mol. The molecule has 0 amide bonds. The van der Waals surface area contributed by atoms with E-state index in [1.807, 2.05) is 64.0 Å². The minimum atomic E-state index is 0.689. The van der Waals surface area contributed by atoms with Crippen LogP contribution in [0.5, 0.6) is 0 Å². The lowest BCUT2D eigenvalue weighted by atomic mass is 10.4. The SMILES string of the molecule is Nc1cccc[n+]1Cc1cn2ccccc2n1. The number of nitrogens with zero attached hydrogens (tertiary/aromatic N) is 3. The summed E-state index contributed by atoms with van der Waals surface area (Å²) in [5.41, 5.74) is 7.85. The first-order valence-corrected chi connectivity index (χ1v) is 5.49. The Bertz CT molecular complexity index is 624. The van der Waals surface area contributed by atoms with E-state index in [4.69, 9.17) is 5.73 Å². The van der Waals surface area contributed by atoms with Crippen LogP contribution in [-0.4, -0.2) is 9.38 Å². The Hall–Kier alpha value is -2.36. The second-order valence-electron chi connectivity index (χ2n) is 3.95. The van der Waals surface area contributed by atoms with Gasteiger partial charge in [0.2, 0.25) is 0 Å². The lowest BCUT2D eigenvalue weighted by Crippen LogP contribution is -2.37. The minimum Gasteiger partial charge on any atom is -0.307 e. The molecule has 0 aliphatic heterocycles. The van der Waals surface area contributed by atoms with Gasteiger partial charge in [0.25, 0.3) is 5.82 Å². The highest BCUT2D eigenvalue weighted by atomic mass is 15.1. The van der Waals surface area contributed by atoms with E-state index in [-0.39, 0.29) is 0 Å². The van der Waals surface area contributed by atoms with Gasteiger partial charge in [-0.15, -0.1) is 0 Å². The summed E-state index contributed by atoms with van der Waals surface area (Å²) in [5.74, 6) is 0.740. The quantitative estimate of drug-likeness (QED) is 0.667. The second-order valence-corrected chi connectivity index (χ2v) is 3.95. The van der Waals surface area contributed by atoms with Gasteiger partial charge in [0.15, 0.2) is 0 Å². The van der Waals surface area contributed by atoms with Gasteiger partial charge in [-0.25, -0.2) is 9.55 Å². The smallest absolute Gasteiger partial charge is 0.272 e. The molecule has 0 aromatic carbocycles. The molecule has 17 heavy (non-hydrogen) atoms. The molecule has 0 aliphatic rings. The van der Waals surface area contributed by atoms with Crippen molar-refractivity contribution >= 4 is 11.5 Å². The number of nitrogen functional groups attached to an aromatic ring is 1. The predicted molar refractivity (Wildman–Crippen MR) is 65.3 cm³/mol. The molecule has 0 bridgehead atoms. The third kappa shape index (κ3) is 1.85. The molecule has 3 aromatic heterocycles. The van der Waals surface area contributed by atoms with Gasteiger partial charge in [0.1, 0.15) is 17.9 Å². The number of nitrogens with two attached hydrogens (primary N) is 1. The zero-order chi connectivity index (χ0) is 11.7. The second kappa shape index (κ2) is 3.90. The van der Waals surface area contributed by atoms with Crippen molar-refractivity contribution in [1.82, 2.24) is 9.38 Å². The monoisotopic (exact) mass is 225 g/mol. The van der Waals surface area contributed by atoms with Crippen LogP contribution in [0.15, 0.2) is 55.0 Å². The van der Waals surface area contributed by atoms with Gasteiger partial charge in [0, 0.05) is 18.5 Å². The number of fused-ring (bicyclic) bond motifs is 1. The molecule has 0 unspecified atom stereocenters. The Balaban J connectivity index is 1.98. The first kappa shape index (κ1) is 9.84. The molecular formula is C13H13N4+. The molecule has 3 rings (SSSR count). The maximum absolute atomic E-state index is 5.89. The molecule has 0 fully saturated rings. The van der Waals surface area contributed by atoms with Gasteiger partial charge in [-0.05, 0) is 18.2 Å². The van der Waals surface area contributed by atoms with Crippen molar-refractivity contribution in [3.8, 4) is 0 Å². The van der Waals surface area contributed by atoms with Crippen LogP contribution in [0.2, 0.25) is 0 Å². The van der Waals surface area contributed by atoms with E-state index in [9.17, 15) is 0 Å². The van der Waals surface area contributed by atoms with Crippen LogP contribution in [0.4, 0.5) is 5.82 Å². The number of anilines is 1. The average Bonchev–Trinajstić information content (AvgIpc) is 2.74. The largest absolute Gasteiger partial charge is 0.307 e. The molecule has 0 spiro atoms. The number of rotatable bonds is 2. The number of hydrogen-bond donors (Lipinski definition) is 1. The highest BCUT2D eigenvalue weighted by Crippen LogP contribution is 2.04. The summed E-state index contributed by atoms with van der Waals surface area (Å²) in [7, 11) is 0. The molecule has 0 aliphatic carbocycles. The fourth-order valence-electron chi connectivity index (χ4n) is 1.87. The molecule has 4 nitrogen and oxygen atoms in total. The third-order valence-electron chi connectivity index (χ3n) is 2.72. The van der Waals surface area contributed by atoms with Gasteiger partial charge < -0.3 is 4.40 Å². The highest BCUT2D eigenvalue weighted by molar-refractivity contribution is 5.39. The number of imidazole rings is 1. The van der Waals surface area contributed by atoms with Crippen LogP contribution < -0.4 is 10.3 Å². The lowest BCUT2D eigenvalue weighted by Gasteiger charge is -1.98. The van der Waals surface area contributed by atoms with Crippen molar-refractivity contribution in [1.29, 1.82) is 0 Å². The summed E-state index contributed by atoms with van der Waals surface area (Å²) in [6.45, 7) is 0.689. The van der Waals surface area contributed by atoms with Crippen LogP contribution in [0.25, 0.3) is 5.65 Å². The molecule has 0 atom stereocenters. The molecule has 0 saturated carbocycles. The average molecular weight is 225 g/mol. The lowest BCUT2D eigenvalue weighted by molar-refractivity contribution is -0.674. The van der Waals surface area contributed by atoms with Crippen molar-refractivity contribution in [2.45, 2.75) is 6.54 Å². The molecule has 0 saturated heterocycles. The Labute approximate surface area is 99.0 Å². The summed E-state index contributed by atoms with van der Waals surface area (Å²) in [5, 5.41) is 0. The standard InChI is InChI=1S/C13H12N4/c14-12-5-1-3-7-16(12)9-11-10-17-8-4-2-6-13(17)15-11/h1-8,10,14H,9H2/p+1. The first-order chi connectivity index (χ1) is 8.33. The summed E-state index contributed by atoms with van der Waals surface area (Å²) in [4.78, 5) is 4.54. The van der Waals surface area contributed by atoms with Crippen molar-refractivity contribution in [2.75, 3.05) is 5.73 Å². The van der Waals surface area contributed by atoms with Crippen LogP contribution >= 0.6 is 0 Å². The van der Waals surface area contributed by atoms with E-state index < -0.39 is 0 Å². The van der Waals surface area contributed by atoms with Crippen LogP contribution in [0, 0.1) is 0 Å². The molecule has 2 N–H and O–H groups in total. The predicted octanol–water partition coefficient (Wildman–Crippen LogP) is 1.25. The topological polar surface area (TPSA) is 47.2 Å². The van der Waals surface area contributed by atoms with Crippen molar-refractivity contribution in [2.24, 2.45) is 0 Å². The zero-order valence-corrected chi connectivity index (χ0v) is 9.32. The highest BCUT2D eigenvalue weighted by Gasteiger charge is 2.07. The molecule has 84 valence electrons. The third-order valence-corrected chi connectivity index (χ3v) is 2.72. The summed E-state index contributed by atoms with van der Waals surface area (Å²) >= 11 is 0. The molecule has 3 heterocycles. The normalized spacial score (nSPS) is 10.8. The maximum Gasteiger partial charge on any atom is 0.272 e. The Morgan fingerprint density at radius 2 is 2.06 bits per heavy atom. The van der Waals surface area contributed by atoms with Gasteiger partial charge >= 0.3 is 0 Å². The van der Waals surface area contributed by atoms with Crippen LogP contribution in [-0.2, 0) is 6.54 Å². The summed E-state index contributed by atoms with van der Waals surface area (Å²) < 4.78 is 3.98. The van der Waals surface area contributed by atoms with Gasteiger partial charge in [0.05, 0.1) is 6.20 Å². The number of hydrogen-bond acceptors (Lipinski definition) is 2. The minimum absolute atomic E-state index is 0.689.